The smallest absolute Gasteiger partial charge is 0.438 e. The van der Waals surface area contributed by atoms with E-state index in [1.807, 2.05) is 0 Å². The van der Waals surface area contributed by atoms with Crippen LogP contribution >= 0.6 is 19.4 Å². The second-order valence-corrected chi connectivity index (χ2v) is 25.8. The number of phosphoric ester groups is 1. The first-order valence-electron chi connectivity index (χ1n) is 22.9. The molecule has 0 aliphatic heterocycles. The number of ether oxygens (including phenoxy) is 1. The molecule has 2 aromatic carbocycles. The Bertz CT molecular complexity index is 3550. The number of rotatable bonds is 19. The summed E-state index contributed by atoms with van der Waals surface area (Å²) < 4.78 is 219. The quantitative estimate of drug-likeness (QED) is 0.0315. The molecule has 19 nitrogen and oxygen atoms in total. The van der Waals surface area contributed by atoms with Gasteiger partial charge in [-0.25, -0.2) is 34.7 Å². The Labute approximate surface area is 440 Å². The third-order valence-corrected chi connectivity index (χ3v) is 17.5. The van der Waals surface area contributed by atoms with Crippen LogP contribution in [0.4, 0.5) is 49.7 Å². The molecule has 0 saturated heterocycles. The minimum Gasteiger partial charge on any atom is -0.438 e. The molecule has 3 aliphatic rings. The molecule has 8 rings (SSSR count). The van der Waals surface area contributed by atoms with Crippen LogP contribution in [0, 0.1) is 29.4 Å². The summed E-state index contributed by atoms with van der Waals surface area (Å²) in [6, 6.07) is 4.84. The van der Waals surface area contributed by atoms with Crippen molar-refractivity contribution in [2.75, 3.05) is 23.6 Å². The summed E-state index contributed by atoms with van der Waals surface area (Å²) in [6.45, 7) is -1.91. The van der Waals surface area contributed by atoms with Gasteiger partial charge in [0.15, 0.2) is 21.3 Å². The molecule has 1 unspecified atom stereocenters. The van der Waals surface area contributed by atoms with Crippen LogP contribution in [0.5, 0.6) is 0 Å². The Balaban J connectivity index is 1.30. The Kier molecular flexibility index (Phi) is 15.1. The molecule has 0 spiro atoms. The van der Waals surface area contributed by atoms with E-state index in [0.29, 0.717) is 12.3 Å². The largest absolute Gasteiger partial charge is 0.472 e. The van der Waals surface area contributed by atoms with Crippen molar-refractivity contribution in [2.45, 2.75) is 94.0 Å². The number of halogens is 11. The van der Waals surface area contributed by atoms with E-state index in [0.717, 1.165) is 30.5 Å². The van der Waals surface area contributed by atoms with Gasteiger partial charge in [0.05, 0.1) is 50.5 Å². The molecule has 3 aromatic heterocycles. The molecule has 2 saturated carbocycles. The minimum absolute atomic E-state index is 0.00286. The van der Waals surface area contributed by atoms with Crippen molar-refractivity contribution < 1.29 is 98.7 Å². The summed E-state index contributed by atoms with van der Waals surface area (Å²) in [6.07, 6.45) is -10.9. The fourth-order valence-electron chi connectivity index (χ4n) is 9.38. The van der Waals surface area contributed by atoms with Crippen LogP contribution in [0.3, 0.4) is 0 Å². The lowest BCUT2D eigenvalue weighted by molar-refractivity contribution is -0.153. The van der Waals surface area contributed by atoms with Gasteiger partial charge in [0, 0.05) is 40.6 Å². The first-order chi connectivity index (χ1) is 35.8. The number of sulfonamides is 1. The molecule has 3 heterocycles. The molecule has 2 amide bonds. The minimum atomic E-state index is -5.25. The normalized spacial score (nSPS) is 19.6. The van der Waals surface area contributed by atoms with E-state index in [2.05, 4.69) is 29.8 Å². The number of hydrogen-bond acceptors (Lipinski definition) is 13. The van der Waals surface area contributed by atoms with Gasteiger partial charge < -0.3 is 19.8 Å². The van der Waals surface area contributed by atoms with E-state index >= 15 is 8.78 Å². The summed E-state index contributed by atoms with van der Waals surface area (Å²) in [5, 5.41) is 8.52. The summed E-state index contributed by atoms with van der Waals surface area (Å²) >= 11 is 6.66. The number of amides is 2. The van der Waals surface area contributed by atoms with E-state index in [1.54, 1.807) is 0 Å². The first-order valence-corrected chi connectivity index (χ1v) is 28.6. The highest BCUT2D eigenvalue weighted by Crippen LogP contribution is 2.68. The second kappa shape index (κ2) is 20.1. The molecule has 5 aromatic rings. The van der Waals surface area contributed by atoms with Crippen molar-refractivity contribution in [3.63, 3.8) is 0 Å². The number of phosphoric acid groups is 1. The van der Waals surface area contributed by atoms with Gasteiger partial charge in [-0.15, -0.1) is 0 Å². The number of sulfone groups is 1. The number of carbonyl (C=O) groups excluding carboxylic acids is 3. The zero-order valence-corrected chi connectivity index (χ0v) is 43.9. The number of benzene rings is 2. The number of anilines is 1. The highest BCUT2D eigenvalue weighted by molar-refractivity contribution is 7.93. The maximum Gasteiger partial charge on any atom is 0.472 e. The van der Waals surface area contributed by atoms with Gasteiger partial charge in [0.2, 0.25) is 28.6 Å². The molecule has 78 heavy (non-hydrogen) atoms. The maximum atomic E-state index is 15.6. The Hall–Kier alpha value is -5.72. The fraction of sp³-hybridized carbons (Fsp3) is 0.467. The van der Waals surface area contributed by atoms with Gasteiger partial charge in [-0.2, -0.15) is 49.6 Å². The topological polar surface area (TPSA) is 259 Å². The van der Waals surface area contributed by atoms with Crippen LogP contribution in [0.25, 0.3) is 22.0 Å². The fourth-order valence-corrected chi connectivity index (χ4v) is 11.2. The lowest BCUT2D eigenvalue weighted by atomic mass is 9.93. The highest BCUT2D eigenvalue weighted by Gasteiger charge is 2.68. The van der Waals surface area contributed by atoms with Crippen LogP contribution in [0.15, 0.2) is 42.5 Å². The lowest BCUT2D eigenvalue weighted by Crippen LogP contribution is -2.38. The van der Waals surface area contributed by atoms with E-state index in [9.17, 15) is 70.9 Å². The van der Waals surface area contributed by atoms with Gasteiger partial charge in [0.25, 0.3) is 5.92 Å². The second-order valence-electron chi connectivity index (χ2n) is 19.6. The summed E-state index contributed by atoms with van der Waals surface area (Å²) in [7, 11) is -13.9. The number of pyridine rings is 1. The van der Waals surface area contributed by atoms with Gasteiger partial charge in [-0.3, -0.25) is 28.7 Å². The zero-order valence-electron chi connectivity index (χ0n) is 40.7. The van der Waals surface area contributed by atoms with Crippen molar-refractivity contribution in [1.29, 1.82) is 0 Å². The molecular weight excluding hydrogens is 1150 g/mol. The Morgan fingerprint density at radius 1 is 0.936 bits per heavy atom. The molecule has 33 heteroatoms. The molecule has 424 valence electrons. The molecule has 2 fully saturated rings. The third kappa shape index (κ3) is 12.1. The number of fused-ring (bicyclic) bond motifs is 4. The standard InChI is InChI=1S/C45H43ClF10N7O12PS2/c1-42(2,77(3,70)71)10-9-23-5-6-24(35(57-23)31(13-20-11-21(47)14-22(48)12-20)58-32(64)17-61-38-33(37(59-61)45(54,55)56)28-16-29(28)44(38,52)53)25-7-8-30(46)34-36(25)62(18-43(49,50)51)60-39(34)63(78(4,72)73)40(65)26-15-27(26)41(66)74-19-75-76(67,68)69/h5-8,11-12,14,26-29,31H,9-10,13,15-19H2,1-4H3,(H,58,64)(H2,67,68,69)/t26-,27+,28?,29+,31-/m0/s1. The average molecular weight is 1190 g/mol. The molecule has 0 radical (unpaired) electrons. The van der Waals surface area contributed by atoms with Crippen LogP contribution in [-0.2, 0) is 86.1 Å². The highest BCUT2D eigenvalue weighted by atomic mass is 35.5. The molecular formula is C45H43ClF10N7O12PS2. The maximum absolute atomic E-state index is 15.6. The van der Waals surface area contributed by atoms with Crippen molar-refractivity contribution in [1.82, 2.24) is 29.9 Å². The number of aryl methyl sites for hydroxylation is 1. The van der Waals surface area contributed by atoms with Gasteiger partial charge in [-0.05, 0) is 81.7 Å². The van der Waals surface area contributed by atoms with Crippen LogP contribution in [0.1, 0.15) is 79.0 Å². The van der Waals surface area contributed by atoms with Gasteiger partial charge in [0.1, 0.15) is 30.4 Å². The number of esters is 1. The first kappa shape index (κ1) is 58.4. The predicted octanol–water partition coefficient (Wildman–Crippen LogP) is 7.41. The Morgan fingerprint density at radius 3 is 2.17 bits per heavy atom. The predicted molar refractivity (Wildman–Crippen MR) is 252 cm³/mol. The van der Waals surface area contributed by atoms with E-state index in [1.165, 1.54) is 26.0 Å². The molecule has 0 bridgehead atoms. The van der Waals surface area contributed by atoms with E-state index < -0.39 is 193 Å². The monoisotopic (exact) mass is 1190 g/mol. The number of hydrogen-bond donors (Lipinski definition) is 3. The van der Waals surface area contributed by atoms with E-state index in [-0.39, 0.29) is 49.8 Å². The number of alkyl halides is 8. The number of nitrogens with zero attached hydrogens (tertiary/aromatic N) is 6. The number of nitrogens with one attached hydrogen (secondary N) is 1. The molecule has 3 aliphatic carbocycles. The molecule has 3 N–H and O–H groups in total. The number of carbonyl (C=O) groups is 3. The third-order valence-electron chi connectivity index (χ3n) is 13.5. The van der Waals surface area contributed by atoms with Gasteiger partial charge in [-0.1, -0.05) is 23.7 Å². The summed E-state index contributed by atoms with van der Waals surface area (Å²) in [5.74, 6) is -17.1. The van der Waals surface area contributed by atoms with Gasteiger partial charge >= 0.3 is 26.1 Å². The number of aromatic nitrogens is 5. The van der Waals surface area contributed by atoms with Crippen molar-refractivity contribution in [3.8, 4) is 11.1 Å². The van der Waals surface area contributed by atoms with Crippen LogP contribution in [0.2, 0.25) is 5.02 Å². The van der Waals surface area contributed by atoms with Crippen molar-refractivity contribution in [2.24, 2.45) is 17.8 Å². The SMILES string of the molecule is CC(C)(CCc1ccc(-c2ccc(Cl)c3c(N(C(=O)[C@H]4C[C@H]4C(=O)OCOP(=O)(O)O)S(C)(=O)=O)nn(CC(F)(F)F)c23)c([C@H](Cc2cc(F)cc(F)c2)NC(=O)Cn2nc(C(F)(F)F)c3c2C(F)(F)[C@@H]2CC32)n1)S(C)(=O)=O. The lowest BCUT2D eigenvalue weighted by Gasteiger charge is -2.25. The van der Waals surface area contributed by atoms with Crippen LogP contribution < -0.4 is 9.62 Å². The van der Waals surface area contributed by atoms with Crippen molar-refractivity contribution >= 4 is 73.8 Å². The molecule has 5 atom stereocenters. The Morgan fingerprint density at radius 2 is 1.58 bits per heavy atom. The van der Waals surface area contributed by atoms with Crippen LogP contribution in [-0.4, -0.2) is 99.2 Å². The summed E-state index contributed by atoms with van der Waals surface area (Å²) in [5.41, 5.74) is -5.72. The zero-order chi connectivity index (χ0) is 57.8. The summed E-state index contributed by atoms with van der Waals surface area (Å²) in [4.78, 5) is 63.6. The average Bonchev–Trinajstić information content (AvgIpc) is 4.30. The van der Waals surface area contributed by atoms with Crippen molar-refractivity contribution in [3.05, 3.63) is 93.0 Å². The van der Waals surface area contributed by atoms with E-state index in [4.69, 9.17) is 21.4 Å².